The minimum absolute atomic E-state index is 0.473. The lowest BCUT2D eigenvalue weighted by Gasteiger charge is -2.24. The lowest BCUT2D eigenvalue weighted by atomic mass is 10.1. The summed E-state index contributed by atoms with van der Waals surface area (Å²) in [6, 6.07) is 9.41. The van der Waals surface area contributed by atoms with E-state index in [1.807, 2.05) is 0 Å². The molecule has 1 heterocycles. The molecular formula is C15H24N2O. The molecule has 1 unspecified atom stereocenters. The number of morpholine rings is 1. The summed E-state index contributed by atoms with van der Waals surface area (Å²) >= 11 is 0. The molecule has 3 heteroatoms. The summed E-state index contributed by atoms with van der Waals surface area (Å²) in [5.74, 6) is 0. The van der Waals surface area contributed by atoms with E-state index in [0.29, 0.717) is 6.04 Å². The van der Waals surface area contributed by atoms with Crippen molar-refractivity contribution in [3.8, 4) is 0 Å². The predicted molar refractivity (Wildman–Crippen MR) is 75.0 cm³/mol. The molecule has 1 aromatic rings. The lowest BCUT2D eigenvalue weighted by Crippen LogP contribution is -2.47. The largest absolute Gasteiger partial charge is 0.378 e. The van der Waals surface area contributed by atoms with Crippen LogP contribution in [0.3, 0.4) is 0 Å². The summed E-state index contributed by atoms with van der Waals surface area (Å²) in [7, 11) is 0. The quantitative estimate of drug-likeness (QED) is 0.746. The summed E-state index contributed by atoms with van der Waals surface area (Å²) in [4.78, 5) is 0. The molecule has 1 atom stereocenters. The number of hydrogen-bond acceptors (Lipinski definition) is 3. The van der Waals surface area contributed by atoms with E-state index in [2.05, 4.69) is 41.8 Å². The number of nitrogens with one attached hydrogen (secondary N) is 2. The Morgan fingerprint density at radius 2 is 2.06 bits per heavy atom. The third-order valence-electron chi connectivity index (χ3n) is 3.41. The van der Waals surface area contributed by atoms with Crippen molar-refractivity contribution in [2.24, 2.45) is 0 Å². The number of hydrogen-bond donors (Lipinski definition) is 2. The smallest absolute Gasteiger partial charge is 0.0632 e. The maximum absolute atomic E-state index is 5.42. The molecule has 0 spiro atoms. The monoisotopic (exact) mass is 248 g/mol. The maximum Gasteiger partial charge on any atom is 0.0632 e. The van der Waals surface area contributed by atoms with Gasteiger partial charge in [0.05, 0.1) is 13.2 Å². The van der Waals surface area contributed by atoms with Crippen LogP contribution in [0.2, 0.25) is 0 Å². The fourth-order valence-corrected chi connectivity index (χ4v) is 2.20. The van der Waals surface area contributed by atoms with Gasteiger partial charge < -0.3 is 15.4 Å². The lowest BCUT2D eigenvalue weighted by molar-refractivity contribution is 0.0768. The number of rotatable bonds is 6. The highest BCUT2D eigenvalue weighted by atomic mass is 16.5. The fourth-order valence-electron chi connectivity index (χ4n) is 2.20. The first-order valence-electron chi connectivity index (χ1n) is 6.98. The van der Waals surface area contributed by atoms with Crippen molar-refractivity contribution in [3.05, 3.63) is 35.4 Å². The molecule has 0 saturated carbocycles. The Hall–Kier alpha value is -0.900. The molecule has 1 aliphatic heterocycles. The molecule has 2 N–H and O–H groups in total. The molecule has 3 nitrogen and oxygen atoms in total. The van der Waals surface area contributed by atoms with Crippen LogP contribution in [-0.4, -0.2) is 38.9 Å². The van der Waals surface area contributed by atoms with E-state index in [9.17, 15) is 0 Å². The van der Waals surface area contributed by atoms with Gasteiger partial charge in [0.15, 0.2) is 0 Å². The third kappa shape index (κ3) is 4.41. The van der Waals surface area contributed by atoms with Gasteiger partial charge >= 0.3 is 0 Å². The Bertz CT molecular complexity index is 331. The summed E-state index contributed by atoms with van der Waals surface area (Å²) in [6.07, 6.45) is 2.21. The Morgan fingerprint density at radius 3 is 2.72 bits per heavy atom. The Labute approximate surface area is 110 Å². The topological polar surface area (TPSA) is 33.3 Å². The molecular weight excluding hydrogens is 224 g/mol. The van der Waals surface area contributed by atoms with Gasteiger partial charge in [-0.05, 0) is 30.5 Å². The second-order valence-corrected chi connectivity index (χ2v) is 4.85. The van der Waals surface area contributed by atoms with Crippen molar-refractivity contribution >= 4 is 0 Å². The van der Waals surface area contributed by atoms with Crippen LogP contribution in [0.5, 0.6) is 0 Å². The highest BCUT2D eigenvalue weighted by Crippen LogP contribution is 2.05. The van der Waals surface area contributed by atoms with Gasteiger partial charge in [-0.15, -0.1) is 0 Å². The van der Waals surface area contributed by atoms with E-state index in [4.69, 9.17) is 4.74 Å². The molecule has 1 aliphatic rings. The van der Waals surface area contributed by atoms with Crippen LogP contribution in [-0.2, 0) is 17.6 Å². The van der Waals surface area contributed by atoms with E-state index < -0.39 is 0 Å². The van der Waals surface area contributed by atoms with E-state index in [1.54, 1.807) is 0 Å². The van der Waals surface area contributed by atoms with E-state index in [1.165, 1.54) is 11.1 Å². The minimum atomic E-state index is 0.473. The molecule has 100 valence electrons. The predicted octanol–water partition coefficient (Wildman–Crippen LogP) is 1.37. The van der Waals surface area contributed by atoms with Gasteiger partial charge in [-0.25, -0.2) is 0 Å². The minimum Gasteiger partial charge on any atom is -0.378 e. The molecule has 0 amide bonds. The molecule has 1 aromatic carbocycles. The summed E-state index contributed by atoms with van der Waals surface area (Å²) in [5.41, 5.74) is 2.82. The first kappa shape index (κ1) is 13.5. The van der Waals surface area contributed by atoms with Crippen molar-refractivity contribution in [2.75, 3.05) is 32.8 Å². The van der Waals surface area contributed by atoms with Crippen molar-refractivity contribution in [1.82, 2.24) is 10.6 Å². The number of ether oxygens (including phenoxy) is 1. The zero-order chi connectivity index (χ0) is 12.6. The standard InChI is InChI=1S/C15H24N2O/c1-2-13-3-5-14(6-4-13)7-8-16-11-15-12-18-10-9-17-15/h3-6,15-17H,2,7-12H2,1H3. The first-order valence-corrected chi connectivity index (χ1v) is 6.98. The second-order valence-electron chi connectivity index (χ2n) is 4.85. The van der Waals surface area contributed by atoms with Gasteiger partial charge in [0.2, 0.25) is 0 Å². The molecule has 1 fully saturated rings. The summed E-state index contributed by atoms with van der Waals surface area (Å²) < 4.78 is 5.42. The van der Waals surface area contributed by atoms with Crippen LogP contribution in [0, 0.1) is 0 Å². The Morgan fingerprint density at radius 1 is 1.28 bits per heavy atom. The van der Waals surface area contributed by atoms with Crippen molar-refractivity contribution in [3.63, 3.8) is 0 Å². The van der Waals surface area contributed by atoms with Gasteiger partial charge in [-0.1, -0.05) is 31.2 Å². The van der Waals surface area contributed by atoms with Crippen LogP contribution >= 0.6 is 0 Å². The second kappa shape index (κ2) is 7.52. The van der Waals surface area contributed by atoms with Gasteiger partial charge in [0.25, 0.3) is 0 Å². The van der Waals surface area contributed by atoms with Gasteiger partial charge in [0.1, 0.15) is 0 Å². The van der Waals surface area contributed by atoms with E-state index in [-0.39, 0.29) is 0 Å². The molecule has 1 saturated heterocycles. The average molecular weight is 248 g/mol. The molecule has 0 aromatic heterocycles. The maximum atomic E-state index is 5.42. The van der Waals surface area contributed by atoms with Gasteiger partial charge in [0, 0.05) is 19.1 Å². The molecule has 0 aliphatic carbocycles. The molecule has 2 rings (SSSR count). The van der Waals surface area contributed by atoms with Crippen LogP contribution in [0.15, 0.2) is 24.3 Å². The normalized spacial score (nSPS) is 19.9. The van der Waals surface area contributed by atoms with Gasteiger partial charge in [-0.3, -0.25) is 0 Å². The van der Waals surface area contributed by atoms with Crippen molar-refractivity contribution < 1.29 is 4.74 Å². The molecule has 0 bridgehead atoms. The van der Waals surface area contributed by atoms with E-state index >= 15 is 0 Å². The zero-order valence-electron chi connectivity index (χ0n) is 11.2. The van der Waals surface area contributed by atoms with Crippen LogP contribution in [0.4, 0.5) is 0 Å². The van der Waals surface area contributed by atoms with Crippen molar-refractivity contribution in [1.29, 1.82) is 0 Å². The number of benzene rings is 1. The van der Waals surface area contributed by atoms with Crippen LogP contribution < -0.4 is 10.6 Å². The first-order chi connectivity index (χ1) is 8.88. The summed E-state index contributed by atoms with van der Waals surface area (Å²) in [6.45, 7) is 6.87. The number of aryl methyl sites for hydroxylation is 1. The van der Waals surface area contributed by atoms with Crippen LogP contribution in [0.25, 0.3) is 0 Å². The Balaban J connectivity index is 1.62. The molecule has 18 heavy (non-hydrogen) atoms. The SMILES string of the molecule is CCc1ccc(CCNCC2COCCN2)cc1. The highest BCUT2D eigenvalue weighted by Gasteiger charge is 2.11. The van der Waals surface area contributed by atoms with Crippen molar-refractivity contribution in [2.45, 2.75) is 25.8 Å². The third-order valence-corrected chi connectivity index (χ3v) is 3.41. The summed E-state index contributed by atoms with van der Waals surface area (Å²) in [5, 5.41) is 6.94. The van der Waals surface area contributed by atoms with E-state index in [0.717, 1.165) is 45.7 Å². The van der Waals surface area contributed by atoms with Crippen LogP contribution in [0.1, 0.15) is 18.1 Å². The average Bonchev–Trinajstić information content (AvgIpc) is 2.45. The van der Waals surface area contributed by atoms with Gasteiger partial charge in [-0.2, -0.15) is 0 Å². The highest BCUT2D eigenvalue weighted by molar-refractivity contribution is 5.22. The zero-order valence-corrected chi connectivity index (χ0v) is 11.2. The Kier molecular flexibility index (Phi) is 5.65. The fraction of sp³-hybridized carbons (Fsp3) is 0.600. The molecule has 0 radical (unpaired) electrons.